The standard InChI is InChI=1S/C11H16F3N5/c1-2-7-4-3-5-19(7)9-6-8(18-15)16-10(17-9)11(12,13)14/h6-7H,2-5,15H2,1H3,(H,16,17,18). The predicted octanol–water partition coefficient (Wildman–Crippen LogP) is 2.16. The Hall–Kier alpha value is -1.57. The van der Waals surface area contributed by atoms with E-state index in [1.54, 1.807) is 0 Å². The molecule has 0 saturated carbocycles. The molecule has 0 aliphatic carbocycles. The van der Waals surface area contributed by atoms with E-state index in [4.69, 9.17) is 5.84 Å². The quantitative estimate of drug-likeness (QED) is 0.653. The lowest BCUT2D eigenvalue weighted by atomic mass is 10.2. The third-order valence-electron chi connectivity index (χ3n) is 3.26. The van der Waals surface area contributed by atoms with Crippen molar-refractivity contribution in [3.05, 3.63) is 11.9 Å². The minimum absolute atomic E-state index is 0.0286. The van der Waals surface area contributed by atoms with Crippen molar-refractivity contribution >= 4 is 11.6 Å². The Labute approximate surface area is 109 Å². The predicted molar refractivity (Wildman–Crippen MR) is 65.5 cm³/mol. The second-order valence-electron chi connectivity index (χ2n) is 4.47. The van der Waals surface area contributed by atoms with Crippen LogP contribution in [0.5, 0.6) is 0 Å². The maximum absolute atomic E-state index is 12.7. The molecule has 0 radical (unpaired) electrons. The van der Waals surface area contributed by atoms with Crippen LogP contribution in [0.2, 0.25) is 0 Å². The van der Waals surface area contributed by atoms with Gasteiger partial charge in [-0.05, 0) is 19.3 Å². The molecule has 0 amide bonds. The molecule has 1 aliphatic heterocycles. The summed E-state index contributed by atoms with van der Waals surface area (Å²) < 4.78 is 38.2. The van der Waals surface area contributed by atoms with E-state index in [-0.39, 0.29) is 17.7 Å². The summed E-state index contributed by atoms with van der Waals surface area (Å²) in [5.41, 5.74) is 2.16. The van der Waals surface area contributed by atoms with Crippen molar-refractivity contribution in [3.8, 4) is 0 Å². The Morgan fingerprint density at radius 3 is 2.79 bits per heavy atom. The van der Waals surface area contributed by atoms with Gasteiger partial charge in [0, 0.05) is 18.7 Å². The molecule has 3 N–H and O–H groups in total. The van der Waals surface area contributed by atoms with Gasteiger partial charge in [0.05, 0.1) is 0 Å². The van der Waals surface area contributed by atoms with Gasteiger partial charge in [-0.25, -0.2) is 15.8 Å². The fraction of sp³-hybridized carbons (Fsp3) is 0.636. The number of nitrogens with two attached hydrogens (primary N) is 1. The van der Waals surface area contributed by atoms with Crippen LogP contribution < -0.4 is 16.2 Å². The molecular weight excluding hydrogens is 259 g/mol. The van der Waals surface area contributed by atoms with E-state index < -0.39 is 12.0 Å². The lowest BCUT2D eigenvalue weighted by molar-refractivity contribution is -0.144. The summed E-state index contributed by atoms with van der Waals surface area (Å²) >= 11 is 0. The Morgan fingerprint density at radius 1 is 1.47 bits per heavy atom. The molecule has 0 spiro atoms. The Morgan fingerprint density at radius 2 is 2.21 bits per heavy atom. The topological polar surface area (TPSA) is 67.1 Å². The molecule has 19 heavy (non-hydrogen) atoms. The number of hydrogen-bond donors (Lipinski definition) is 2. The summed E-state index contributed by atoms with van der Waals surface area (Å²) in [4.78, 5) is 8.86. The van der Waals surface area contributed by atoms with Gasteiger partial charge in [0.1, 0.15) is 11.6 Å². The summed E-state index contributed by atoms with van der Waals surface area (Å²) in [5, 5.41) is 0. The van der Waals surface area contributed by atoms with Crippen molar-refractivity contribution in [1.82, 2.24) is 9.97 Å². The van der Waals surface area contributed by atoms with Crippen LogP contribution in [0.15, 0.2) is 6.07 Å². The normalized spacial score (nSPS) is 19.8. The molecule has 1 unspecified atom stereocenters. The number of hydrazine groups is 1. The fourth-order valence-electron chi connectivity index (χ4n) is 2.34. The molecule has 0 bridgehead atoms. The zero-order valence-corrected chi connectivity index (χ0v) is 10.5. The Kier molecular flexibility index (Phi) is 3.79. The molecule has 1 saturated heterocycles. The maximum atomic E-state index is 12.7. The molecular formula is C11H16F3N5. The monoisotopic (exact) mass is 275 g/mol. The van der Waals surface area contributed by atoms with Crippen molar-refractivity contribution < 1.29 is 13.2 Å². The van der Waals surface area contributed by atoms with Gasteiger partial charge in [-0.1, -0.05) is 6.92 Å². The summed E-state index contributed by atoms with van der Waals surface area (Å²) in [6.45, 7) is 2.72. The average Bonchev–Trinajstić information content (AvgIpc) is 2.85. The largest absolute Gasteiger partial charge is 0.451 e. The number of nitrogens with zero attached hydrogens (tertiary/aromatic N) is 3. The van der Waals surface area contributed by atoms with Crippen LogP contribution in [0.1, 0.15) is 32.0 Å². The maximum Gasteiger partial charge on any atom is 0.451 e. The number of nitrogen functional groups attached to an aromatic ring is 1. The molecule has 0 aromatic carbocycles. The molecule has 1 aliphatic rings. The number of aromatic nitrogens is 2. The van der Waals surface area contributed by atoms with Crippen LogP contribution in [0.3, 0.4) is 0 Å². The molecule has 5 nitrogen and oxygen atoms in total. The minimum atomic E-state index is -4.58. The molecule has 8 heteroatoms. The van der Waals surface area contributed by atoms with Crippen molar-refractivity contribution in [2.24, 2.45) is 5.84 Å². The molecule has 2 heterocycles. The van der Waals surface area contributed by atoms with Crippen molar-refractivity contribution in [2.75, 3.05) is 16.9 Å². The van der Waals surface area contributed by atoms with Crippen molar-refractivity contribution in [3.63, 3.8) is 0 Å². The second-order valence-corrected chi connectivity index (χ2v) is 4.47. The third-order valence-corrected chi connectivity index (χ3v) is 3.26. The molecule has 2 rings (SSSR count). The average molecular weight is 275 g/mol. The SMILES string of the molecule is CCC1CCCN1c1cc(NN)nc(C(F)(F)F)n1. The lowest BCUT2D eigenvalue weighted by Crippen LogP contribution is -2.30. The summed E-state index contributed by atoms with van der Waals surface area (Å²) in [7, 11) is 0. The number of alkyl halides is 3. The van der Waals surface area contributed by atoms with Gasteiger partial charge in [0.2, 0.25) is 5.82 Å². The number of rotatable bonds is 3. The highest BCUT2D eigenvalue weighted by atomic mass is 19.4. The van der Waals surface area contributed by atoms with Crippen LogP contribution >= 0.6 is 0 Å². The first kappa shape index (κ1) is 13.9. The minimum Gasteiger partial charge on any atom is -0.353 e. The zero-order valence-electron chi connectivity index (χ0n) is 10.5. The Bertz CT molecular complexity index is 448. The highest BCUT2D eigenvalue weighted by Gasteiger charge is 2.36. The van der Waals surface area contributed by atoms with Gasteiger partial charge in [-0.2, -0.15) is 13.2 Å². The first-order valence-corrected chi connectivity index (χ1v) is 6.15. The van der Waals surface area contributed by atoms with Gasteiger partial charge in [-0.15, -0.1) is 0 Å². The zero-order chi connectivity index (χ0) is 14.0. The third kappa shape index (κ3) is 2.89. The molecule has 1 fully saturated rings. The highest BCUT2D eigenvalue weighted by molar-refractivity contribution is 5.50. The molecule has 1 atom stereocenters. The van der Waals surface area contributed by atoms with E-state index in [1.807, 2.05) is 11.8 Å². The van der Waals surface area contributed by atoms with Gasteiger partial charge >= 0.3 is 6.18 Å². The van der Waals surface area contributed by atoms with Crippen molar-refractivity contribution in [1.29, 1.82) is 0 Å². The van der Waals surface area contributed by atoms with Gasteiger partial charge < -0.3 is 10.3 Å². The van der Waals surface area contributed by atoms with Gasteiger partial charge in [-0.3, -0.25) is 0 Å². The molecule has 106 valence electrons. The van der Waals surface area contributed by atoms with Gasteiger partial charge in [0.15, 0.2) is 0 Å². The summed E-state index contributed by atoms with van der Waals surface area (Å²) in [6, 6.07) is 1.67. The number of hydrogen-bond acceptors (Lipinski definition) is 5. The molecule has 1 aromatic rings. The van der Waals surface area contributed by atoms with Crippen LogP contribution in [0.25, 0.3) is 0 Å². The highest BCUT2D eigenvalue weighted by Crippen LogP contribution is 2.32. The van der Waals surface area contributed by atoms with Crippen LogP contribution in [0, 0.1) is 0 Å². The lowest BCUT2D eigenvalue weighted by Gasteiger charge is -2.25. The second kappa shape index (κ2) is 5.20. The number of nitrogens with one attached hydrogen (secondary N) is 1. The molecule has 1 aromatic heterocycles. The van der Waals surface area contributed by atoms with Crippen LogP contribution in [-0.2, 0) is 6.18 Å². The first-order valence-electron chi connectivity index (χ1n) is 6.15. The summed E-state index contributed by atoms with van der Waals surface area (Å²) in [5.74, 6) is 4.25. The number of anilines is 2. The van der Waals surface area contributed by atoms with Gasteiger partial charge in [0.25, 0.3) is 0 Å². The summed E-state index contributed by atoms with van der Waals surface area (Å²) in [6.07, 6.45) is -1.79. The van der Waals surface area contributed by atoms with Crippen LogP contribution in [-0.4, -0.2) is 22.6 Å². The van der Waals surface area contributed by atoms with E-state index >= 15 is 0 Å². The van der Waals surface area contributed by atoms with E-state index in [0.29, 0.717) is 6.54 Å². The fourth-order valence-corrected chi connectivity index (χ4v) is 2.34. The first-order chi connectivity index (χ1) is 8.95. The smallest absolute Gasteiger partial charge is 0.353 e. The Balaban J connectivity index is 2.39. The van der Waals surface area contributed by atoms with Crippen molar-refractivity contribution in [2.45, 2.75) is 38.4 Å². The number of halogens is 3. The van der Waals surface area contributed by atoms with Crippen LogP contribution in [0.4, 0.5) is 24.8 Å². The van der Waals surface area contributed by atoms with E-state index in [2.05, 4.69) is 15.4 Å². The van der Waals surface area contributed by atoms with E-state index in [0.717, 1.165) is 19.3 Å². The van der Waals surface area contributed by atoms with E-state index in [1.165, 1.54) is 6.07 Å². The van der Waals surface area contributed by atoms with E-state index in [9.17, 15) is 13.2 Å².